The van der Waals surface area contributed by atoms with Crippen LogP contribution in [0.15, 0.2) is 66.7 Å². The Morgan fingerprint density at radius 1 is 1.05 bits per heavy atom. The molecule has 2 aromatic heterocycles. The summed E-state index contributed by atoms with van der Waals surface area (Å²) in [4.78, 5) is 34.3. The number of aromatic nitrogens is 1. The third-order valence-electron chi connectivity index (χ3n) is 7.01. The number of carbonyl (C=O) groups excluding carboxylic acids is 2. The highest BCUT2D eigenvalue weighted by atomic mass is 32.2. The van der Waals surface area contributed by atoms with Gasteiger partial charge in [-0.3, -0.25) is 9.59 Å². The van der Waals surface area contributed by atoms with Gasteiger partial charge in [0.15, 0.2) is 9.84 Å². The largest absolute Gasteiger partial charge is 0.365 e. The normalized spacial score (nSPS) is 15.8. The number of fused-ring (bicyclic) bond motifs is 3. The van der Waals surface area contributed by atoms with Crippen LogP contribution in [0, 0.1) is 12.7 Å². The van der Waals surface area contributed by atoms with Gasteiger partial charge in [-0.1, -0.05) is 36.4 Å². The van der Waals surface area contributed by atoms with Gasteiger partial charge >= 0.3 is 0 Å². The predicted octanol–water partition coefficient (Wildman–Crippen LogP) is 4.92. The first-order chi connectivity index (χ1) is 19.2. The molecule has 2 aromatic carbocycles. The zero-order valence-electron chi connectivity index (χ0n) is 21.5. The van der Waals surface area contributed by atoms with Crippen molar-refractivity contribution in [1.82, 2.24) is 4.98 Å². The van der Waals surface area contributed by atoms with Gasteiger partial charge in [0, 0.05) is 17.0 Å². The molecule has 0 unspecified atom stereocenters. The number of halogens is 1. The number of rotatable bonds is 5. The number of aryl methyl sites for hydroxylation is 1. The Morgan fingerprint density at radius 2 is 1.82 bits per heavy atom. The van der Waals surface area contributed by atoms with Crippen LogP contribution in [0.3, 0.4) is 0 Å². The van der Waals surface area contributed by atoms with E-state index in [0.717, 1.165) is 16.0 Å². The molecule has 6 rings (SSSR count). The quantitative estimate of drug-likeness (QED) is 0.349. The fourth-order valence-corrected chi connectivity index (χ4v) is 7.45. The van der Waals surface area contributed by atoms with Crippen molar-refractivity contribution in [3.8, 4) is 10.4 Å². The third-order valence-corrected chi connectivity index (χ3v) is 10.0. The van der Waals surface area contributed by atoms with Gasteiger partial charge in [-0.05, 0) is 54.8 Å². The number of amides is 2. The predicted molar refractivity (Wildman–Crippen MR) is 155 cm³/mol. The molecule has 1 saturated heterocycles. The molecule has 0 bridgehead atoms. The van der Waals surface area contributed by atoms with Crippen molar-refractivity contribution < 1.29 is 22.4 Å². The minimum absolute atomic E-state index is 0.0503. The number of nitrogens with one attached hydrogen (secondary N) is 2. The molecule has 0 radical (unpaired) electrons. The van der Waals surface area contributed by atoms with Crippen molar-refractivity contribution in [2.24, 2.45) is 0 Å². The van der Waals surface area contributed by atoms with Crippen LogP contribution in [0.2, 0.25) is 0 Å². The zero-order chi connectivity index (χ0) is 28.0. The average Bonchev–Trinajstić information content (AvgIpc) is 3.28. The Bertz CT molecular complexity index is 1740. The van der Waals surface area contributed by atoms with Crippen molar-refractivity contribution in [2.75, 3.05) is 33.6 Å². The molecule has 4 heterocycles. The molecule has 2 aliphatic rings. The van der Waals surface area contributed by atoms with Gasteiger partial charge in [0.2, 0.25) is 0 Å². The lowest BCUT2D eigenvalue weighted by molar-refractivity contribution is 0.0981. The minimum atomic E-state index is -2.99. The molecule has 8 nitrogen and oxygen atoms in total. The van der Waals surface area contributed by atoms with Crippen LogP contribution >= 0.6 is 11.3 Å². The standard InChI is InChI=1S/C29H25FN4O4S2/c1-17-6-4-8-21(30)26(17)33-28(35)24-14-18-12-13-34(23-10-3-2-7-20(23)27(18)39-24)29(36)22-9-5-11-25(32-22)31-19-15-40(37,38)16-19/h2-11,14,19H,12-13,15-16H2,1H3,(H,31,32)(H,33,35). The second-order valence-corrected chi connectivity index (χ2v) is 13.1. The summed E-state index contributed by atoms with van der Waals surface area (Å²) in [6.07, 6.45) is 0.510. The summed E-state index contributed by atoms with van der Waals surface area (Å²) in [5, 5.41) is 5.80. The van der Waals surface area contributed by atoms with Crippen LogP contribution in [0.1, 0.15) is 31.3 Å². The maximum atomic E-state index is 14.3. The van der Waals surface area contributed by atoms with E-state index < -0.39 is 15.7 Å². The lowest BCUT2D eigenvalue weighted by Gasteiger charge is -2.27. The highest BCUT2D eigenvalue weighted by molar-refractivity contribution is 7.92. The lowest BCUT2D eigenvalue weighted by atomic mass is 10.1. The first-order valence-electron chi connectivity index (χ1n) is 12.7. The smallest absolute Gasteiger partial charge is 0.276 e. The molecular formula is C29H25FN4O4S2. The maximum Gasteiger partial charge on any atom is 0.276 e. The second kappa shape index (κ2) is 10.1. The van der Waals surface area contributed by atoms with Gasteiger partial charge in [-0.25, -0.2) is 17.8 Å². The van der Waals surface area contributed by atoms with E-state index in [2.05, 4.69) is 15.6 Å². The number of nitrogens with zero attached hydrogens (tertiary/aromatic N) is 2. The number of hydrogen-bond acceptors (Lipinski definition) is 7. The molecule has 0 atom stereocenters. The summed E-state index contributed by atoms with van der Waals surface area (Å²) >= 11 is 1.31. The second-order valence-electron chi connectivity index (χ2n) is 9.90. The molecule has 0 spiro atoms. The Hall–Kier alpha value is -4.09. The zero-order valence-corrected chi connectivity index (χ0v) is 23.1. The molecule has 2 aliphatic heterocycles. The van der Waals surface area contributed by atoms with E-state index in [9.17, 15) is 22.4 Å². The Labute approximate surface area is 234 Å². The summed E-state index contributed by atoms with van der Waals surface area (Å²) in [6, 6.07) is 18.8. The number of benzene rings is 2. The van der Waals surface area contributed by atoms with E-state index in [1.165, 1.54) is 17.4 Å². The van der Waals surface area contributed by atoms with E-state index in [4.69, 9.17) is 0 Å². The number of pyridine rings is 1. The first-order valence-corrected chi connectivity index (χ1v) is 15.4. The van der Waals surface area contributed by atoms with E-state index in [1.54, 1.807) is 42.2 Å². The van der Waals surface area contributed by atoms with Crippen LogP contribution in [-0.2, 0) is 16.3 Å². The molecule has 1 fully saturated rings. The van der Waals surface area contributed by atoms with E-state index in [0.29, 0.717) is 34.9 Å². The fourth-order valence-electron chi connectivity index (χ4n) is 5.01. The van der Waals surface area contributed by atoms with Crippen molar-refractivity contribution in [2.45, 2.75) is 19.4 Å². The first kappa shape index (κ1) is 26.1. The number of hydrogen-bond donors (Lipinski definition) is 2. The number of thiophene rings is 1. The Balaban J connectivity index is 1.26. The molecule has 40 heavy (non-hydrogen) atoms. The van der Waals surface area contributed by atoms with Gasteiger partial charge in [-0.2, -0.15) is 0 Å². The van der Waals surface area contributed by atoms with Gasteiger partial charge in [0.25, 0.3) is 11.8 Å². The van der Waals surface area contributed by atoms with Crippen molar-refractivity contribution in [1.29, 1.82) is 0 Å². The van der Waals surface area contributed by atoms with Crippen LogP contribution in [-0.4, -0.2) is 49.3 Å². The molecule has 2 amide bonds. The molecular weight excluding hydrogens is 551 g/mol. The van der Waals surface area contributed by atoms with Crippen molar-refractivity contribution >= 4 is 50.2 Å². The molecule has 0 aliphatic carbocycles. The summed E-state index contributed by atoms with van der Waals surface area (Å²) < 4.78 is 37.3. The van der Waals surface area contributed by atoms with Crippen LogP contribution in [0.25, 0.3) is 10.4 Å². The Kier molecular flexibility index (Phi) is 6.63. The summed E-state index contributed by atoms with van der Waals surface area (Å²) in [5.41, 5.74) is 3.50. The van der Waals surface area contributed by atoms with Crippen LogP contribution in [0.4, 0.5) is 21.6 Å². The monoisotopic (exact) mass is 576 g/mol. The maximum absolute atomic E-state index is 14.3. The molecule has 0 saturated carbocycles. The molecule has 204 valence electrons. The number of carbonyl (C=O) groups is 2. The van der Waals surface area contributed by atoms with Gasteiger partial charge in [0.05, 0.1) is 33.8 Å². The number of sulfone groups is 1. The Morgan fingerprint density at radius 3 is 2.60 bits per heavy atom. The molecule has 11 heteroatoms. The average molecular weight is 577 g/mol. The van der Waals surface area contributed by atoms with Gasteiger partial charge in [0.1, 0.15) is 17.3 Å². The number of anilines is 3. The number of para-hydroxylation sites is 2. The summed E-state index contributed by atoms with van der Waals surface area (Å²) in [7, 11) is -2.99. The van der Waals surface area contributed by atoms with Gasteiger partial charge in [-0.15, -0.1) is 11.3 Å². The van der Waals surface area contributed by atoms with Crippen LogP contribution < -0.4 is 15.5 Å². The van der Waals surface area contributed by atoms with Crippen molar-refractivity contribution in [3.63, 3.8) is 0 Å². The highest BCUT2D eigenvalue weighted by Crippen LogP contribution is 2.42. The lowest BCUT2D eigenvalue weighted by Crippen LogP contribution is -2.46. The highest BCUT2D eigenvalue weighted by Gasteiger charge is 2.34. The van der Waals surface area contributed by atoms with E-state index in [1.807, 2.05) is 30.3 Å². The third kappa shape index (κ3) is 4.98. The molecule has 4 aromatic rings. The fraction of sp³-hybridized carbons (Fsp3) is 0.207. The minimum Gasteiger partial charge on any atom is -0.365 e. The van der Waals surface area contributed by atoms with E-state index >= 15 is 0 Å². The van der Waals surface area contributed by atoms with Gasteiger partial charge < -0.3 is 15.5 Å². The summed E-state index contributed by atoms with van der Waals surface area (Å²) in [6.45, 7) is 2.11. The SMILES string of the molecule is Cc1cccc(F)c1NC(=O)c1cc2c(s1)-c1ccccc1N(C(=O)c1cccc(NC3CS(=O)(=O)C3)n1)CC2. The van der Waals surface area contributed by atoms with E-state index in [-0.39, 0.29) is 40.7 Å². The summed E-state index contributed by atoms with van der Waals surface area (Å²) in [5.74, 6) is -0.598. The molecule has 2 N–H and O–H groups in total. The van der Waals surface area contributed by atoms with Crippen molar-refractivity contribution in [3.05, 3.63) is 94.2 Å². The van der Waals surface area contributed by atoms with Crippen LogP contribution in [0.5, 0.6) is 0 Å². The topological polar surface area (TPSA) is 108 Å².